The van der Waals surface area contributed by atoms with Crippen molar-refractivity contribution in [3.63, 3.8) is 0 Å². The lowest BCUT2D eigenvalue weighted by Gasteiger charge is -2.36. The van der Waals surface area contributed by atoms with Gasteiger partial charge in [-0.1, -0.05) is 78.3 Å². The van der Waals surface area contributed by atoms with E-state index in [1.165, 1.54) is 51.5 Å². The summed E-state index contributed by atoms with van der Waals surface area (Å²) in [5, 5.41) is 60.0. The summed E-state index contributed by atoms with van der Waals surface area (Å²) in [7, 11) is 1.42. The number of ketones is 1. The van der Waals surface area contributed by atoms with Gasteiger partial charge in [0.05, 0.1) is 41.6 Å². The Labute approximate surface area is 578 Å². The molecular weight excluding hydrogens is 1290 g/mol. The van der Waals surface area contributed by atoms with Crippen molar-refractivity contribution >= 4 is 97.3 Å². The zero-order valence-corrected chi connectivity index (χ0v) is 57.8. The molecule has 0 radical (unpaired) electrons. The number of rotatable bonds is 21. The number of carbonyl (C=O) groups excluding carboxylic acids is 8. The van der Waals surface area contributed by atoms with Gasteiger partial charge in [-0.15, -0.1) is 0 Å². The number of aromatic hydroxyl groups is 1. The van der Waals surface area contributed by atoms with E-state index >= 15 is 4.79 Å². The summed E-state index contributed by atoms with van der Waals surface area (Å²) in [5.41, 5.74) is 5.56. The monoisotopic (exact) mass is 1380 g/mol. The molecule has 536 valence electrons. The van der Waals surface area contributed by atoms with Crippen molar-refractivity contribution in [1.82, 2.24) is 25.8 Å². The highest BCUT2D eigenvalue weighted by atomic mass is 16.7. The molecule has 9 rings (SSSR count). The number of nitrogens with one attached hydrogen (secondary N) is 5. The highest BCUT2D eigenvalue weighted by molar-refractivity contribution is 6.26. The fourth-order valence-corrected chi connectivity index (χ4v) is 13.0. The molecule has 4 aliphatic heterocycles. The van der Waals surface area contributed by atoms with Gasteiger partial charge in [-0.25, -0.2) is 9.78 Å². The molecule has 4 aromatic carbocycles. The summed E-state index contributed by atoms with van der Waals surface area (Å²) in [6.45, 7) is 14.7. The van der Waals surface area contributed by atoms with Crippen LogP contribution in [0.5, 0.6) is 17.2 Å². The summed E-state index contributed by atoms with van der Waals surface area (Å²) >= 11 is 0. The number of benzene rings is 4. The zero-order chi connectivity index (χ0) is 72.4. The van der Waals surface area contributed by atoms with Crippen LogP contribution in [-0.2, 0) is 44.8 Å². The molecule has 5 heterocycles. The van der Waals surface area contributed by atoms with Crippen molar-refractivity contribution in [2.75, 3.05) is 48.8 Å². The Morgan fingerprint density at radius 3 is 2.20 bits per heavy atom. The molecule has 1 aromatic heterocycles. The van der Waals surface area contributed by atoms with Gasteiger partial charge in [-0.05, 0) is 81.6 Å². The summed E-state index contributed by atoms with van der Waals surface area (Å²) in [6, 6.07) is 8.34. The number of primary amides is 1. The maximum atomic E-state index is 15.1. The van der Waals surface area contributed by atoms with E-state index in [1.807, 2.05) is 0 Å². The Kier molecular flexibility index (Phi) is 24.2. The van der Waals surface area contributed by atoms with E-state index in [1.54, 1.807) is 90.1 Å². The number of aliphatic hydroxyl groups excluding tert-OH is 3. The topological polar surface area (TPSA) is 390 Å². The number of Topliss-reactive ketones (excluding diaryl/α,β-unsaturated/α-hetero) is 1. The van der Waals surface area contributed by atoms with Gasteiger partial charge in [0.1, 0.15) is 41.2 Å². The predicted octanol–water partition coefficient (Wildman–Crippen LogP) is 7.19. The van der Waals surface area contributed by atoms with Gasteiger partial charge in [-0.3, -0.25) is 43.3 Å². The highest BCUT2D eigenvalue weighted by Gasteiger charge is 2.49. The van der Waals surface area contributed by atoms with E-state index in [-0.39, 0.29) is 107 Å². The molecular formula is C73H91N9O18. The van der Waals surface area contributed by atoms with Gasteiger partial charge in [0, 0.05) is 123 Å². The number of phenols is 1. The summed E-state index contributed by atoms with van der Waals surface area (Å²) < 4.78 is 31.6. The molecule has 4 bridgehead atoms. The average Bonchev–Trinajstić information content (AvgIpc) is 1.29. The molecule has 100 heavy (non-hydrogen) atoms. The number of nitrogens with zero attached hydrogens (tertiary/aromatic N) is 3. The minimum Gasteiger partial charge on any atom is -0.505 e. The Hall–Kier alpha value is -9.70. The number of amides is 8. The number of carbonyl (C=O) groups is 8. The first-order chi connectivity index (χ1) is 47.6. The minimum atomic E-state index is -2.14. The number of hydrogen-bond acceptors (Lipinski definition) is 20. The largest absolute Gasteiger partial charge is 0.505 e. The molecule has 1 unspecified atom stereocenters. The number of imide groups is 1. The van der Waals surface area contributed by atoms with Gasteiger partial charge in [0.2, 0.25) is 17.7 Å². The van der Waals surface area contributed by atoms with Crippen LogP contribution in [0, 0.1) is 29.6 Å². The zero-order valence-electron chi connectivity index (χ0n) is 57.8. The second-order valence-electron chi connectivity index (χ2n) is 26.8. The van der Waals surface area contributed by atoms with Crippen LogP contribution >= 0.6 is 0 Å². The molecule has 11 atom stereocenters. The molecule has 27 heteroatoms. The quantitative estimate of drug-likeness (QED) is 0.0114. The van der Waals surface area contributed by atoms with Gasteiger partial charge in [0.25, 0.3) is 23.5 Å². The molecule has 1 fully saturated rings. The number of aliphatic hydroxyl groups is 3. The Morgan fingerprint density at radius 1 is 0.830 bits per heavy atom. The fraction of sp³-hybridized carbons (Fsp3) is 0.479. The first-order valence-corrected chi connectivity index (χ1v) is 34.0. The van der Waals surface area contributed by atoms with Crippen molar-refractivity contribution in [2.45, 2.75) is 162 Å². The molecule has 0 spiro atoms. The minimum absolute atomic E-state index is 0.0690. The third-order valence-electron chi connectivity index (χ3n) is 19.1. The Balaban J connectivity index is 1.03. The summed E-state index contributed by atoms with van der Waals surface area (Å²) in [4.78, 5) is 129. The first-order valence-electron chi connectivity index (χ1n) is 34.0. The normalized spacial score (nSPS) is 24.7. The number of aromatic nitrogens is 1. The molecule has 11 N–H and O–H groups in total. The van der Waals surface area contributed by atoms with Crippen LogP contribution in [-0.4, -0.2) is 153 Å². The third kappa shape index (κ3) is 16.9. The molecule has 27 nitrogen and oxygen atoms in total. The maximum Gasteiger partial charge on any atom is 0.312 e. The first kappa shape index (κ1) is 74.5. The van der Waals surface area contributed by atoms with E-state index in [9.17, 15) is 58.8 Å². The van der Waals surface area contributed by atoms with Crippen LogP contribution in [0.25, 0.3) is 33.0 Å². The number of ether oxygens (including phenoxy) is 4. The van der Waals surface area contributed by atoms with Gasteiger partial charge < -0.3 is 81.0 Å². The average molecular weight is 1380 g/mol. The second kappa shape index (κ2) is 32.5. The summed E-state index contributed by atoms with van der Waals surface area (Å²) in [6.07, 6.45) is 10.2. The van der Waals surface area contributed by atoms with Gasteiger partial charge in [-0.2, -0.15) is 0 Å². The van der Waals surface area contributed by atoms with Crippen LogP contribution in [0.1, 0.15) is 129 Å². The number of anilines is 3. The van der Waals surface area contributed by atoms with E-state index in [0.29, 0.717) is 49.3 Å². The number of nitrogens with two attached hydrogens (primary N) is 1. The molecule has 8 amide bonds. The number of allylic oxidation sites excluding steroid dienone is 2. The number of piperidine rings is 1. The van der Waals surface area contributed by atoms with Crippen LogP contribution in [0.2, 0.25) is 0 Å². The van der Waals surface area contributed by atoms with Crippen molar-refractivity contribution in [3.8, 4) is 17.2 Å². The van der Waals surface area contributed by atoms with Crippen molar-refractivity contribution in [2.24, 2.45) is 35.3 Å². The number of urea groups is 1. The lowest BCUT2D eigenvalue weighted by molar-refractivity contribution is -0.137. The number of unbranched alkanes of at least 4 members (excludes halogenated alkanes) is 2. The lowest BCUT2D eigenvalue weighted by Crippen LogP contribution is -2.54. The lowest BCUT2D eigenvalue weighted by atomic mass is 9.78. The fourth-order valence-electron chi connectivity index (χ4n) is 13.0. The van der Waals surface area contributed by atoms with Crippen molar-refractivity contribution in [1.29, 1.82) is 0 Å². The SMILES string of the molecule is CO[C@H]1/C=C/O[C@@]2(C)Oc3cc(=O)c4c(O)c(c5oc6cc(N7CCCCC7)cc(OCc7ccc(NC(=O)[C@H](CCCNC(N)=O)NC(=O)C(NC(=O)CCCCCN8C(=O)C=CC8=O)C(C)C)cc7)c6nc5c4c3C2=O)NC(=O)/C(C)=C\C=C\[C@H](C)[C@H](O)[C@@H](C)[C@@H](O)[C@@H](C)[C@H](O)[C@@H]1C. The molecule has 0 aliphatic carbocycles. The number of hydrogen-bond donors (Lipinski definition) is 10. The molecule has 5 aromatic rings. The van der Waals surface area contributed by atoms with Crippen molar-refractivity contribution < 1.29 is 82.1 Å². The molecule has 0 saturated carbocycles. The standard InChI is InChI=1S/C73H91N9O18/c1-38(2)59(78-53(84)21-12-10-15-32-82-54(85)26-27-55(82)86)71(94)77-47(20-17-29-75-72(74)95)70(93)76-45-24-22-44(23-25-45)37-97-51-34-46(81-30-13-11-14-31-81)35-52-60(51)79-61-58-56-48(83)36-50-57(58)68(91)73(8,100-50)98-33-28-49(96-9)41(5)64(88)43(7)65(89)42(6)63(87)39(3)18-16-19-40(4)69(92)80-62(66(56)90)67(61)99-52/h16,18-19,22-28,33-36,38-39,41-43,47,49,59,63-65,87-90H,10-15,17,20-21,29-32,37H2,1-9H3,(H,76,93)(H,77,94)(H,78,84)(H,80,92)(H3,74,75,95)/b18-16+,33-28+,40-19-/t39-,41+,42+,43-,47-,49-,59?,63-,64+,65+,73-/m0/s1. The Bertz CT molecular complexity index is 4100. The number of phenolic OH excluding ortho intramolecular Hbond substituents is 1. The molecule has 4 aliphatic rings. The Morgan fingerprint density at radius 2 is 1.52 bits per heavy atom. The predicted molar refractivity (Wildman–Crippen MR) is 373 cm³/mol. The van der Waals surface area contributed by atoms with E-state index in [0.717, 1.165) is 30.2 Å². The molecule has 1 saturated heterocycles. The van der Waals surface area contributed by atoms with E-state index < -0.39 is 124 Å². The maximum absolute atomic E-state index is 15.1. The summed E-state index contributed by atoms with van der Waals surface area (Å²) in [5.74, 6) is -9.88. The van der Waals surface area contributed by atoms with Crippen LogP contribution < -0.4 is 52.1 Å². The highest BCUT2D eigenvalue weighted by Crippen LogP contribution is 2.48. The number of fused-ring (bicyclic) bond motifs is 2. The van der Waals surface area contributed by atoms with Gasteiger partial charge >= 0.3 is 11.8 Å². The second-order valence-corrected chi connectivity index (χ2v) is 26.8. The van der Waals surface area contributed by atoms with E-state index in [4.69, 9.17) is 34.1 Å². The van der Waals surface area contributed by atoms with E-state index in [2.05, 4.69) is 31.5 Å². The van der Waals surface area contributed by atoms with Crippen LogP contribution in [0.4, 0.5) is 21.9 Å². The van der Waals surface area contributed by atoms with Crippen molar-refractivity contribution in [3.05, 3.63) is 112 Å². The van der Waals surface area contributed by atoms with Crippen LogP contribution in [0.3, 0.4) is 0 Å². The van der Waals surface area contributed by atoms with Crippen LogP contribution in [0.15, 0.2) is 100.0 Å². The number of methoxy groups -OCH3 is 1. The smallest absolute Gasteiger partial charge is 0.312 e. The third-order valence-corrected chi connectivity index (χ3v) is 19.1. The van der Waals surface area contributed by atoms with Gasteiger partial charge in [0.15, 0.2) is 28.1 Å².